The van der Waals surface area contributed by atoms with Gasteiger partial charge in [0.15, 0.2) is 0 Å². The molecule has 1 fully saturated rings. The van der Waals surface area contributed by atoms with Crippen LogP contribution in [-0.4, -0.2) is 38.1 Å². The van der Waals surface area contributed by atoms with Gasteiger partial charge in [-0.3, -0.25) is 9.59 Å². The Morgan fingerprint density at radius 2 is 2.33 bits per heavy atom. The Kier molecular flexibility index (Phi) is 5.10. The van der Waals surface area contributed by atoms with Crippen LogP contribution in [0.1, 0.15) is 19.8 Å². The van der Waals surface area contributed by atoms with Gasteiger partial charge in [0, 0.05) is 6.54 Å². The highest BCUT2D eigenvalue weighted by Crippen LogP contribution is 2.09. The van der Waals surface area contributed by atoms with Crippen LogP contribution < -0.4 is 10.6 Å². The van der Waals surface area contributed by atoms with Gasteiger partial charge in [0.05, 0.1) is 12.5 Å². The van der Waals surface area contributed by atoms with Crippen LogP contribution in [0.2, 0.25) is 0 Å². The number of nitrogens with one attached hydrogen (secondary N) is 2. The van der Waals surface area contributed by atoms with E-state index >= 15 is 0 Å². The first kappa shape index (κ1) is 12.0. The minimum atomic E-state index is -0.380. The van der Waals surface area contributed by atoms with Crippen LogP contribution in [0.4, 0.5) is 0 Å². The van der Waals surface area contributed by atoms with Crippen LogP contribution >= 0.6 is 0 Å². The lowest BCUT2D eigenvalue weighted by atomic mass is 9.99. The highest BCUT2D eigenvalue weighted by Gasteiger charge is 2.20. The molecule has 5 nitrogen and oxygen atoms in total. The van der Waals surface area contributed by atoms with Crippen LogP contribution in [-0.2, 0) is 14.3 Å². The molecule has 0 unspecified atom stereocenters. The largest absolute Gasteiger partial charge is 0.465 e. The highest BCUT2D eigenvalue weighted by molar-refractivity contribution is 5.83. The minimum Gasteiger partial charge on any atom is -0.465 e. The van der Waals surface area contributed by atoms with Crippen molar-refractivity contribution >= 4 is 11.9 Å². The van der Waals surface area contributed by atoms with Crippen molar-refractivity contribution in [3.05, 3.63) is 0 Å². The van der Waals surface area contributed by atoms with E-state index in [-0.39, 0.29) is 24.3 Å². The molecule has 86 valence electrons. The van der Waals surface area contributed by atoms with E-state index in [1.54, 1.807) is 6.92 Å². The molecule has 0 aromatic rings. The molecule has 0 spiro atoms. The molecule has 1 saturated heterocycles. The number of amides is 1. The van der Waals surface area contributed by atoms with E-state index in [1.165, 1.54) is 0 Å². The number of esters is 1. The first-order valence-electron chi connectivity index (χ1n) is 5.38. The maximum absolute atomic E-state index is 11.5. The Bertz CT molecular complexity index is 225. The molecule has 0 aromatic carbocycles. The van der Waals surface area contributed by atoms with E-state index < -0.39 is 0 Å². The SMILES string of the molecule is CCOC(=O)CNC(=O)[C@H]1CCCNC1. The molecule has 0 aliphatic carbocycles. The lowest BCUT2D eigenvalue weighted by Gasteiger charge is -2.21. The zero-order valence-electron chi connectivity index (χ0n) is 9.04. The summed E-state index contributed by atoms with van der Waals surface area (Å²) < 4.78 is 4.71. The third kappa shape index (κ3) is 4.29. The molecule has 1 rings (SSSR count). The molecule has 1 heterocycles. The van der Waals surface area contributed by atoms with Crippen LogP contribution in [0.3, 0.4) is 0 Å². The van der Waals surface area contributed by atoms with Gasteiger partial charge in [-0.2, -0.15) is 0 Å². The smallest absolute Gasteiger partial charge is 0.325 e. The molecule has 1 amide bonds. The summed E-state index contributed by atoms with van der Waals surface area (Å²) in [6.45, 7) is 3.74. The molecule has 5 heteroatoms. The summed E-state index contributed by atoms with van der Waals surface area (Å²) in [5.74, 6) is -0.446. The second kappa shape index (κ2) is 6.40. The monoisotopic (exact) mass is 214 g/mol. The van der Waals surface area contributed by atoms with Crippen LogP contribution in [0.25, 0.3) is 0 Å². The average molecular weight is 214 g/mol. The first-order chi connectivity index (χ1) is 7.24. The fourth-order valence-corrected chi connectivity index (χ4v) is 1.59. The van der Waals surface area contributed by atoms with Gasteiger partial charge in [0.2, 0.25) is 5.91 Å². The highest BCUT2D eigenvalue weighted by atomic mass is 16.5. The van der Waals surface area contributed by atoms with Crippen molar-refractivity contribution in [3.8, 4) is 0 Å². The van der Waals surface area contributed by atoms with Crippen molar-refractivity contribution in [2.45, 2.75) is 19.8 Å². The van der Waals surface area contributed by atoms with Gasteiger partial charge >= 0.3 is 5.97 Å². The van der Waals surface area contributed by atoms with Crippen molar-refractivity contribution in [2.75, 3.05) is 26.2 Å². The zero-order chi connectivity index (χ0) is 11.1. The van der Waals surface area contributed by atoms with Gasteiger partial charge in [0.25, 0.3) is 0 Å². The quantitative estimate of drug-likeness (QED) is 0.629. The van der Waals surface area contributed by atoms with E-state index in [9.17, 15) is 9.59 Å². The number of hydrogen-bond acceptors (Lipinski definition) is 4. The summed E-state index contributed by atoms with van der Waals surface area (Å²) in [7, 11) is 0. The van der Waals surface area contributed by atoms with Gasteiger partial charge in [-0.1, -0.05) is 0 Å². The summed E-state index contributed by atoms with van der Waals surface area (Å²) in [6.07, 6.45) is 1.90. The van der Waals surface area contributed by atoms with Crippen LogP contribution in [0.5, 0.6) is 0 Å². The van der Waals surface area contributed by atoms with Crippen LogP contribution in [0, 0.1) is 5.92 Å². The summed E-state index contributed by atoms with van der Waals surface area (Å²) in [5, 5.41) is 5.73. The van der Waals surface area contributed by atoms with Gasteiger partial charge < -0.3 is 15.4 Å². The van der Waals surface area contributed by atoms with Crippen LogP contribution in [0.15, 0.2) is 0 Å². The summed E-state index contributed by atoms with van der Waals surface area (Å²) >= 11 is 0. The summed E-state index contributed by atoms with van der Waals surface area (Å²) in [4.78, 5) is 22.5. The lowest BCUT2D eigenvalue weighted by molar-refractivity contribution is -0.143. The van der Waals surface area contributed by atoms with Crippen molar-refractivity contribution in [1.29, 1.82) is 0 Å². The molecule has 0 saturated carbocycles. The molecule has 0 aromatic heterocycles. The second-order valence-corrected chi connectivity index (χ2v) is 3.57. The third-order valence-electron chi connectivity index (χ3n) is 2.38. The molecule has 1 aliphatic rings. The predicted octanol–water partition coefficient (Wildman–Crippen LogP) is -0.335. The Balaban J connectivity index is 2.19. The van der Waals surface area contributed by atoms with E-state index in [1.807, 2.05) is 0 Å². The average Bonchev–Trinajstić information content (AvgIpc) is 2.27. The molecular formula is C10H18N2O3. The molecule has 1 atom stereocenters. The summed E-state index contributed by atoms with van der Waals surface area (Å²) in [5.41, 5.74) is 0. The minimum absolute atomic E-state index is 0.00632. The molecule has 0 bridgehead atoms. The summed E-state index contributed by atoms with van der Waals surface area (Å²) in [6, 6.07) is 0. The number of ether oxygens (including phenoxy) is 1. The van der Waals surface area contributed by atoms with Gasteiger partial charge in [0.1, 0.15) is 6.54 Å². The fraction of sp³-hybridized carbons (Fsp3) is 0.800. The van der Waals surface area contributed by atoms with E-state index in [2.05, 4.69) is 10.6 Å². The van der Waals surface area contributed by atoms with Crippen molar-refractivity contribution in [3.63, 3.8) is 0 Å². The maximum atomic E-state index is 11.5. The third-order valence-corrected chi connectivity index (χ3v) is 2.38. The number of carbonyl (C=O) groups excluding carboxylic acids is 2. The molecule has 15 heavy (non-hydrogen) atoms. The standard InChI is InChI=1S/C10H18N2O3/c1-2-15-9(13)7-12-10(14)8-4-3-5-11-6-8/h8,11H,2-7H2,1H3,(H,12,14)/t8-/m0/s1. The number of hydrogen-bond donors (Lipinski definition) is 2. The Morgan fingerprint density at radius 1 is 1.53 bits per heavy atom. The Labute approximate surface area is 89.6 Å². The van der Waals surface area contributed by atoms with E-state index in [0.29, 0.717) is 13.2 Å². The molecular weight excluding hydrogens is 196 g/mol. The van der Waals surface area contributed by atoms with Crippen molar-refractivity contribution in [1.82, 2.24) is 10.6 Å². The molecule has 2 N–H and O–H groups in total. The van der Waals surface area contributed by atoms with Crippen molar-refractivity contribution < 1.29 is 14.3 Å². The molecule has 1 aliphatic heterocycles. The second-order valence-electron chi connectivity index (χ2n) is 3.57. The van der Waals surface area contributed by atoms with Gasteiger partial charge in [-0.05, 0) is 26.3 Å². The Morgan fingerprint density at radius 3 is 2.93 bits per heavy atom. The van der Waals surface area contributed by atoms with Gasteiger partial charge in [-0.15, -0.1) is 0 Å². The molecule has 0 radical (unpaired) electrons. The number of rotatable bonds is 4. The normalized spacial score (nSPS) is 20.7. The Hall–Kier alpha value is -1.10. The predicted molar refractivity (Wildman–Crippen MR) is 55.2 cm³/mol. The van der Waals surface area contributed by atoms with Crippen molar-refractivity contribution in [2.24, 2.45) is 5.92 Å². The first-order valence-corrected chi connectivity index (χ1v) is 5.38. The topological polar surface area (TPSA) is 67.4 Å². The fourth-order valence-electron chi connectivity index (χ4n) is 1.59. The maximum Gasteiger partial charge on any atom is 0.325 e. The van der Waals surface area contributed by atoms with Gasteiger partial charge in [-0.25, -0.2) is 0 Å². The zero-order valence-corrected chi connectivity index (χ0v) is 9.04. The number of carbonyl (C=O) groups is 2. The lowest BCUT2D eigenvalue weighted by Crippen LogP contribution is -2.42. The van der Waals surface area contributed by atoms with E-state index in [4.69, 9.17) is 4.74 Å². The number of piperidine rings is 1. The van der Waals surface area contributed by atoms with E-state index in [0.717, 1.165) is 19.4 Å².